The second-order valence-corrected chi connectivity index (χ2v) is 3.38. The van der Waals surface area contributed by atoms with Gasteiger partial charge in [0, 0.05) is 12.0 Å². The summed E-state index contributed by atoms with van der Waals surface area (Å²) in [7, 11) is 1.49. The molecule has 0 spiro atoms. The molecule has 0 aromatic heterocycles. The van der Waals surface area contributed by atoms with E-state index in [1.54, 1.807) is 0 Å². The summed E-state index contributed by atoms with van der Waals surface area (Å²) in [5.74, 6) is 0.00211. The number of esters is 1. The molecule has 1 heterocycles. The number of methoxy groups -OCH3 is 1. The SMILES string of the molecule is COC1=C(Cc2ccccc2)COC1=O. The third-order valence-electron chi connectivity index (χ3n) is 2.35. The fourth-order valence-electron chi connectivity index (χ4n) is 1.63. The third kappa shape index (κ3) is 2.01. The van der Waals surface area contributed by atoms with Crippen LogP contribution in [0.25, 0.3) is 0 Å². The second kappa shape index (κ2) is 4.17. The Labute approximate surface area is 88.3 Å². The van der Waals surface area contributed by atoms with Crippen LogP contribution in [0.4, 0.5) is 0 Å². The van der Waals surface area contributed by atoms with E-state index >= 15 is 0 Å². The van der Waals surface area contributed by atoms with Crippen molar-refractivity contribution in [2.45, 2.75) is 6.42 Å². The number of rotatable bonds is 3. The van der Waals surface area contributed by atoms with Crippen LogP contribution < -0.4 is 0 Å². The lowest BCUT2D eigenvalue weighted by Crippen LogP contribution is -2.00. The molecule has 1 aliphatic rings. The van der Waals surface area contributed by atoms with Crippen molar-refractivity contribution in [3.8, 4) is 0 Å². The normalized spacial score (nSPS) is 15.4. The van der Waals surface area contributed by atoms with Gasteiger partial charge >= 0.3 is 5.97 Å². The van der Waals surface area contributed by atoms with E-state index in [1.165, 1.54) is 7.11 Å². The molecule has 0 fully saturated rings. The molecule has 1 aliphatic heterocycles. The van der Waals surface area contributed by atoms with E-state index in [-0.39, 0.29) is 5.97 Å². The quantitative estimate of drug-likeness (QED) is 0.703. The maximum atomic E-state index is 11.2. The van der Waals surface area contributed by atoms with Gasteiger partial charge in [0.1, 0.15) is 6.61 Å². The van der Waals surface area contributed by atoms with E-state index in [9.17, 15) is 4.79 Å². The molecule has 0 unspecified atom stereocenters. The van der Waals surface area contributed by atoms with Gasteiger partial charge in [-0.1, -0.05) is 30.3 Å². The molecule has 0 bridgehead atoms. The molecule has 0 amide bonds. The van der Waals surface area contributed by atoms with E-state index in [0.717, 1.165) is 11.1 Å². The van der Waals surface area contributed by atoms with Crippen molar-refractivity contribution in [3.63, 3.8) is 0 Å². The van der Waals surface area contributed by atoms with Gasteiger partial charge in [-0.25, -0.2) is 4.79 Å². The molecule has 0 N–H and O–H groups in total. The minimum atomic E-state index is -0.358. The van der Waals surface area contributed by atoms with Gasteiger partial charge in [0.05, 0.1) is 7.11 Å². The molecular weight excluding hydrogens is 192 g/mol. The monoisotopic (exact) mass is 204 g/mol. The minimum absolute atomic E-state index is 0.344. The molecule has 2 rings (SSSR count). The van der Waals surface area contributed by atoms with Gasteiger partial charge in [-0.05, 0) is 5.56 Å². The molecule has 0 radical (unpaired) electrons. The zero-order valence-corrected chi connectivity index (χ0v) is 8.53. The van der Waals surface area contributed by atoms with Crippen LogP contribution in [0.2, 0.25) is 0 Å². The Hall–Kier alpha value is -1.77. The summed E-state index contributed by atoms with van der Waals surface area (Å²) in [5.41, 5.74) is 2.06. The van der Waals surface area contributed by atoms with Crippen LogP contribution >= 0.6 is 0 Å². The van der Waals surface area contributed by atoms with Crippen LogP contribution in [0.5, 0.6) is 0 Å². The highest BCUT2D eigenvalue weighted by Crippen LogP contribution is 2.20. The maximum Gasteiger partial charge on any atom is 0.374 e. The van der Waals surface area contributed by atoms with E-state index in [0.29, 0.717) is 18.8 Å². The van der Waals surface area contributed by atoms with Crippen LogP contribution in [-0.2, 0) is 20.7 Å². The first-order chi connectivity index (χ1) is 7.31. The lowest BCUT2D eigenvalue weighted by molar-refractivity contribution is -0.138. The summed E-state index contributed by atoms with van der Waals surface area (Å²) in [6, 6.07) is 9.94. The fourth-order valence-corrected chi connectivity index (χ4v) is 1.63. The molecular formula is C12H12O3. The highest BCUT2D eigenvalue weighted by Gasteiger charge is 2.25. The molecule has 3 heteroatoms. The Morgan fingerprint density at radius 1 is 1.33 bits per heavy atom. The predicted molar refractivity (Wildman–Crippen MR) is 55.1 cm³/mol. The zero-order valence-electron chi connectivity index (χ0n) is 8.53. The van der Waals surface area contributed by atoms with Gasteiger partial charge in [0.2, 0.25) is 5.76 Å². The average Bonchev–Trinajstić information content (AvgIpc) is 2.61. The van der Waals surface area contributed by atoms with Crippen molar-refractivity contribution in [1.82, 2.24) is 0 Å². The molecule has 1 aromatic carbocycles. The van der Waals surface area contributed by atoms with Crippen LogP contribution in [0.15, 0.2) is 41.7 Å². The first-order valence-electron chi connectivity index (χ1n) is 4.78. The van der Waals surface area contributed by atoms with Crippen LogP contribution in [0.1, 0.15) is 5.56 Å². The Bertz CT molecular complexity index is 393. The van der Waals surface area contributed by atoms with Gasteiger partial charge in [0.25, 0.3) is 0 Å². The highest BCUT2D eigenvalue weighted by molar-refractivity contribution is 5.89. The second-order valence-electron chi connectivity index (χ2n) is 3.38. The lowest BCUT2D eigenvalue weighted by atomic mass is 10.1. The van der Waals surface area contributed by atoms with Crippen molar-refractivity contribution >= 4 is 5.97 Å². The minimum Gasteiger partial charge on any atom is -0.490 e. The van der Waals surface area contributed by atoms with Crippen LogP contribution in [-0.4, -0.2) is 19.7 Å². The van der Waals surface area contributed by atoms with Crippen molar-refractivity contribution in [2.24, 2.45) is 0 Å². The van der Waals surface area contributed by atoms with Crippen LogP contribution in [0.3, 0.4) is 0 Å². The van der Waals surface area contributed by atoms with Crippen LogP contribution in [0, 0.1) is 0 Å². The van der Waals surface area contributed by atoms with E-state index in [4.69, 9.17) is 9.47 Å². The number of benzene rings is 1. The molecule has 0 saturated carbocycles. The van der Waals surface area contributed by atoms with Crippen molar-refractivity contribution < 1.29 is 14.3 Å². The Morgan fingerprint density at radius 3 is 2.73 bits per heavy atom. The summed E-state index contributed by atoms with van der Waals surface area (Å²) in [6.07, 6.45) is 0.704. The lowest BCUT2D eigenvalue weighted by Gasteiger charge is -2.02. The third-order valence-corrected chi connectivity index (χ3v) is 2.35. The number of hydrogen-bond acceptors (Lipinski definition) is 3. The summed E-state index contributed by atoms with van der Waals surface area (Å²) >= 11 is 0. The van der Waals surface area contributed by atoms with E-state index in [2.05, 4.69) is 0 Å². The van der Waals surface area contributed by atoms with Crippen molar-refractivity contribution in [2.75, 3.05) is 13.7 Å². The van der Waals surface area contributed by atoms with Gasteiger partial charge in [-0.3, -0.25) is 0 Å². The molecule has 78 valence electrons. The van der Waals surface area contributed by atoms with Crippen molar-refractivity contribution in [3.05, 3.63) is 47.2 Å². The fraction of sp³-hybridized carbons (Fsp3) is 0.250. The zero-order chi connectivity index (χ0) is 10.7. The van der Waals surface area contributed by atoms with Gasteiger partial charge < -0.3 is 9.47 Å². The molecule has 0 atom stereocenters. The molecule has 0 saturated heterocycles. The first kappa shape index (κ1) is 9.77. The first-order valence-corrected chi connectivity index (χ1v) is 4.78. The number of hydrogen-bond donors (Lipinski definition) is 0. The number of cyclic esters (lactones) is 1. The van der Waals surface area contributed by atoms with Gasteiger partial charge in [-0.15, -0.1) is 0 Å². The van der Waals surface area contributed by atoms with E-state index < -0.39 is 0 Å². The topological polar surface area (TPSA) is 35.5 Å². The smallest absolute Gasteiger partial charge is 0.374 e. The Kier molecular flexibility index (Phi) is 2.72. The average molecular weight is 204 g/mol. The molecule has 3 nitrogen and oxygen atoms in total. The maximum absolute atomic E-state index is 11.2. The summed E-state index contributed by atoms with van der Waals surface area (Å²) < 4.78 is 9.92. The summed E-state index contributed by atoms with van der Waals surface area (Å²) in [4.78, 5) is 11.2. The number of ether oxygens (including phenoxy) is 2. The number of carbonyl (C=O) groups is 1. The standard InChI is InChI=1S/C12H12O3/c1-14-11-10(8-15-12(11)13)7-9-5-3-2-4-6-9/h2-6H,7-8H2,1H3. The Morgan fingerprint density at radius 2 is 2.07 bits per heavy atom. The van der Waals surface area contributed by atoms with Gasteiger partial charge in [0.15, 0.2) is 0 Å². The molecule has 15 heavy (non-hydrogen) atoms. The summed E-state index contributed by atoms with van der Waals surface area (Å²) in [5, 5.41) is 0. The van der Waals surface area contributed by atoms with E-state index in [1.807, 2.05) is 30.3 Å². The summed E-state index contributed by atoms with van der Waals surface area (Å²) in [6.45, 7) is 0.344. The number of carbonyl (C=O) groups excluding carboxylic acids is 1. The largest absolute Gasteiger partial charge is 0.490 e. The van der Waals surface area contributed by atoms with Gasteiger partial charge in [-0.2, -0.15) is 0 Å². The van der Waals surface area contributed by atoms with Crippen molar-refractivity contribution in [1.29, 1.82) is 0 Å². The Balaban J connectivity index is 2.19. The molecule has 0 aliphatic carbocycles. The predicted octanol–water partition coefficient (Wildman–Crippen LogP) is 1.69. The highest BCUT2D eigenvalue weighted by atomic mass is 16.6. The molecule has 1 aromatic rings.